The molecule has 0 unspecified atom stereocenters. The highest BCUT2D eigenvalue weighted by atomic mass is 35.5. The molecule has 0 bridgehead atoms. The maximum atomic E-state index is 5.88. The molecule has 0 atom stereocenters. The number of benzene rings is 1. The van der Waals surface area contributed by atoms with E-state index in [0.29, 0.717) is 20.2 Å². The van der Waals surface area contributed by atoms with Gasteiger partial charge >= 0.3 is 0 Å². The minimum atomic E-state index is 0.413. The lowest BCUT2D eigenvalue weighted by Gasteiger charge is -2.00. The molecule has 0 aliphatic carbocycles. The van der Waals surface area contributed by atoms with Crippen molar-refractivity contribution in [2.45, 2.75) is 9.92 Å². The number of hydrogen-bond donors (Lipinski definition) is 0. The van der Waals surface area contributed by atoms with Gasteiger partial charge in [-0.3, -0.25) is 0 Å². The fourth-order valence-corrected chi connectivity index (χ4v) is 2.88. The third-order valence-electron chi connectivity index (χ3n) is 1.53. The normalized spacial score (nSPS) is 10.6. The van der Waals surface area contributed by atoms with Crippen LogP contribution in [0.3, 0.4) is 0 Å². The Bertz CT molecular complexity index is 486. The van der Waals surface area contributed by atoms with Gasteiger partial charge < -0.3 is 0 Å². The molecule has 2 aromatic rings. The molecule has 1 aromatic carbocycles. The first-order chi connectivity index (χ1) is 7.16. The van der Waals surface area contributed by atoms with Crippen LogP contribution in [0.2, 0.25) is 15.2 Å². The molecule has 0 aliphatic rings. The average molecular weight is 298 g/mol. The van der Waals surface area contributed by atoms with Gasteiger partial charge in [0.25, 0.3) is 0 Å². The summed E-state index contributed by atoms with van der Waals surface area (Å²) in [4.78, 5) is 0.930. The van der Waals surface area contributed by atoms with E-state index in [-0.39, 0.29) is 0 Å². The third kappa shape index (κ3) is 2.77. The first kappa shape index (κ1) is 11.5. The Balaban J connectivity index is 2.25. The van der Waals surface area contributed by atoms with Crippen molar-refractivity contribution in [2.24, 2.45) is 0 Å². The topological polar surface area (TPSA) is 25.8 Å². The van der Waals surface area contributed by atoms with Gasteiger partial charge in [-0.05, 0) is 18.2 Å². The lowest BCUT2D eigenvalue weighted by molar-refractivity contribution is 1.25. The van der Waals surface area contributed by atoms with Gasteiger partial charge in [-0.25, -0.2) is 0 Å². The predicted molar refractivity (Wildman–Crippen MR) is 65.5 cm³/mol. The van der Waals surface area contributed by atoms with Crippen molar-refractivity contribution in [3.8, 4) is 0 Å². The SMILES string of the molecule is Clc1ccc(Sc2nsnc2Cl)cc1Cl. The van der Waals surface area contributed by atoms with Crippen molar-refractivity contribution >= 4 is 58.3 Å². The predicted octanol–water partition coefficient (Wildman–Crippen LogP) is 4.65. The van der Waals surface area contributed by atoms with Crippen molar-refractivity contribution < 1.29 is 0 Å². The first-order valence-electron chi connectivity index (χ1n) is 3.78. The van der Waals surface area contributed by atoms with Gasteiger partial charge in [0.2, 0.25) is 0 Å². The van der Waals surface area contributed by atoms with Gasteiger partial charge in [-0.1, -0.05) is 46.6 Å². The van der Waals surface area contributed by atoms with Crippen LogP contribution < -0.4 is 0 Å². The van der Waals surface area contributed by atoms with E-state index in [1.807, 2.05) is 6.07 Å². The largest absolute Gasteiger partial charge is 0.177 e. The second-order valence-corrected chi connectivity index (χ2v) is 5.30. The zero-order valence-electron chi connectivity index (χ0n) is 7.08. The van der Waals surface area contributed by atoms with Crippen LogP contribution in [-0.4, -0.2) is 8.75 Å². The van der Waals surface area contributed by atoms with E-state index in [9.17, 15) is 0 Å². The molecule has 0 spiro atoms. The van der Waals surface area contributed by atoms with E-state index in [1.165, 1.54) is 11.8 Å². The molecule has 0 aliphatic heterocycles. The Labute approximate surface area is 110 Å². The summed E-state index contributed by atoms with van der Waals surface area (Å²) in [6.45, 7) is 0. The Morgan fingerprint density at radius 1 is 1.07 bits per heavy atom. The fourth-order valence-electron chi connectivity index (χ4n) is 0.883. The van der Waals surface area contributed by atoms with Crippen molar-refractivity contribution in [3.63, 3.8) is 0 Å². The van der Waals surface area contributed by atoms with Crippen LogP contribution in [0, 0.1) is 0 Å². The molecular formula is C8H3Cl3N2S2. The van der Waals surface area contributed by atoms with Gasteiger partial charge in [0.1, 0.15) is 0 Å². The van der Waals surface area contributed by atoms with Gasteiger partial charge in [0.15, 0.2) is 10.2 Å². The summed E-state index contributed by atoms with van der Waals surface area (Å²) in [5.74, 6) is 0. The van der Waals surface area contributed by atoms with E-state index < -0.39 is 0 Å². The average Bonchev–Trinajstić information content (AvgIpc) is 2.59. The van der Waals surface area contributed by atoms with Crippen LogP contribution in [0.4, 0.5) is 0 Å². The van der Waals surface area contributed by atoms with E-state index in [0.717, 1.165) is 16.6 Å². The van der Waals surface area contributed by atoms with E-state index in [4.69, 9.17) is 34.8 Å². The molecular weight excluding hydrogens is 295 g/mol. The first-order valence-corrected chi connectivity index (χ1v) is 6.46. The van der Waals surface area contributed by atoms with Crippen molar-refractivity contribution in [1.82, 2.24) is 8.75 Å². The van der Waals surface area contributed by atoms with E-state index in [2.05, 4.69) is 8.75 Å². The molecule has 15 heavy (non-hydrogen) atoms. The van der Waals surface area contributed by atoms with Crippen LogP contribution in [0.5, 0.6) is 0 Å². The van der Waals surface area contributed by atoms with E-state index >= 15 is 0 Å². The second-order valence-electron chi connectivity index (χ2n) is 2.54. The molecule has 78 valence electrons. The number of halogens is 3. The maximum Gasteiger partial charge on any atom is 0.177 e. The van der Waals surface area contributed by atoms with Crippen LogP contribution in [0.25, 0.3) is 0 Å². The molecule has 0 fully saturated rings. The molecule has 0 saturated carbocycles. The van der Waals surface area contributed by atoms with Gasteiger partial charge in [-0.2, -0.15) is 8.75 Å². The Morgan fingerprint density at radius 2 is 1.87 bits per heavy atom. The van der Waals surface area contributed by atoms with Crippen LogP contribution in [0.15, 0.2) is 28.1 Å². The summed E-state index contributed by atoms with van der Waals surface area (Å²) in [6.07, 6.45) is 0. The highest BCUT2D eigenvalue weighted by molar-refractivity contribution is 7.99. The standard InChI is InChI=1S/C8H3Cl3N2S2/c9-5-2-1-4(3-6(5)10)14-8-7(11)12-15-13-8/h1-3H. The summed E-state index contributed by atoms with van der Waals surface area (Å²) in [7, 11) is 0. The highest BCUT2D eigenvalue weighted by Gasteiger charge is 2.08. The summed E-state index contributed by atoms with van der Waals surface area (Å²) in [6, 6.07) is 5.36. The Hall–Kier alpha value is -0.000000000000000111. The molecule has 2 nitrogen and oxygen atoms in total. The molecule has 0 amide bonds. The minimum Gasteiger partial charge on any atom is -0.164 e. The van der Waals surface area contributed by atoms with Crippen molar-refractivity contribution in [2.75, 3.05) is 0 Å². The van der Waals surface area contributed by atoms with Gasteiger partial charge in [-0.15, -0.1) is 0 Å². The van der Waals surface area contributed by atoms with Crippen LogP contribution in [-0.2, 0) is 0 Å². The zero-order chi connectivity index (χ0) is 10.8. The zero-order valence-corrected chi connectivity index (χ0v) is 11.0. The summed E-state index contributed by atoms with van der Waals surface area (Å²) in [5.41, 5.74) is 0. The molecule has 7 heteroatoms. The van der Waals surface area contributed by atoms with Gasteiger partial charge in [0.05, 0.1) is 21.8 Å². The summed E-state index contributed by atoms with van der Waals surface area (Å²) < 4.78 is 7.92. The number of rotatable bonds is 2. The van der Waals surface area contributed by atoms with E-state index in [1.54, 1.807) is 12.1 Å². The molecule has 0 radical (unpaired) electrons. The van der Waals surface area contributed by atoms with Crippen molar-refractivity contribution in [1.29, 1.82) is 0 Å². The Morgan fingerprint density at radius 3 is 2.47 bits per heavy atom. The summed E-state index contributed by atoms with van der Waals surface area (Å²) >= 11 is 20.0. The number of aromatic nitrogens is 2. The van der Waals surface area contributed by atoms with Gasteiger partial charge in [0, 0.05) is 4.90 Å². The molecule has 2 rings (SSSR count). The second kappa shape index (κ2) is 4.89. The molecule has 0 N–H and O–H groups in total. The van der Waals surface area contributed by atoms with Crippen LogP contribution >= 0.6 is 58.3 Å². The number of hydrogen-bond acceptors (Lipinski definition) is 4. The lowest BCUT2D eigenvalue weighted by atomic mass is 10.4. The maximum absolute atomic E-state index is 5.88. The van der Waals surface area contributed by atoms with Crippen molar-refractivity contribution in [3.05, 3.63) is 33.4 Å². The summed E-state index contributed by atoms with van der Waals surface area (Å²) in [5, 5.41) is 2.14. The lowest BCUT2D eigenvalue weighted by Crippen LogP contribution is -1.75. The van der Waals surface area contributed by atoms with Crippen LogP contribution in [0.1, 0.15) is 0 Å². The minimum absolute atomic E-state index is 0.413. The number of nitrogens with zero attached hydrogens (tertiary/aromatic N) is 2. The highest BCUT2D eigenvalue weighted by Crippen LogP contribution is 2.34. The third-order valence-corrected chi connectivity index (χ3v) is 4.35. The molecule has 1 heterocycles. The fraction of sp³-hybridized carbons (Fsp3) is 0. The Kier molecular flexibility index (Phi) is 3.74. The monoisotopic (exact) mass is 296 g/mol. The quantitative estimate of drug-likeness (QED) is 0.807. The smallest absolute Gasteiger partial charge is 0.164 e. The molecule has 1 aromatic heterocycles. The molecule has 0 saturated heterocycles.